The first-order valence-corrected chi connectivity index (χ1v) is 9.78. The lowest BCUT2D eigenvalue weighted by Gasteiger charge is -2.06. The minimum absolute atomic E-state index is 0.0105. The van der Waals surface area contributed by atoms with E-state index in [-0.39, 0.29) is 15.3 Å². The Morgan fingerprint density at radius 1 is 1.25 bits per heavy atom. The number of halogens is 2. The van der Waals surface area contributed by atoms with Crippen molar-refractivity contribution in [2.45, 2.75) is 12.1 Å². The lowest BCUT2D eigenvalue weighted by atomic mass is 10.2. The van der Waals surface area contributed by atoms with E-state index in [9.17, 15) is 21.2 Å². The van der Waals surface area contributed by atoms with E-state index in [1.54, 1.807) is 0 Å². The Balaban J connectivity index is 2.32. The Labute approximate surface area is 143 Å². The van der Waals surface area contributed by atoms with E-state index < -0.39 is 31.3 Å². The van der Waals surface area contributed by atoms with Crippen molar-refractivity contribution < 1.29 is 25.8 Å². The molecule has 0 radical (unpaired) electrons. The van der Waals surface area contributed by atoms with Gasteiger partial charge in [-0.05, 0) is 41.1 Å². The molecule has 1 aromatic carbocycles. The number of hydrogen-bond donors (Lipinski definition) is 1. The maximum Gasteiger partial charge on any atom is 0.380 e. The van der Waals surface area contributed by atoms with Gasteiger partial charge >= 0.3 is 20.3 Å². The first kappa shape index (κ1) is 17.0. The minimum Gasteiger partial charge on any atom is -0.268 e. The Hall–Kier alpha value is -1.83. The van der Waals surface area contributed by atoms with Crippen LogP contribution in [0.1, 0.15) is 5.69 Å². The molecule has 0 unspecified atom stereocenters. The van der Waals surface area contributed by atoms with Gasteiger partial charge in [0.1, 0.15) is 12.1 Å². The molecule has 0 spiro atoms. The third kappa shape index (κ3) is 2.53. The maximum absolute atomic E-state index is 13.5. The van der Waals surface area contributed by atoms with Gasteiger partial charge in [0.2, 0.25) is 0 Å². The monoisotopic (exact) mass is 438 g/mol. The van der Waals surface area contributed by atoms with Gasteiger partial charge in [0.25, 0.3) is 5.16 Å². The summed E-state index contributed by atoms with van der Waals surface area (Å²) < 4.78 is 71.1. The topological polar surface area (TPSA) is 124 Å². The van der Waals surface area contributed by atoms with Gasteiger partial charge in [0.05, 0.1) is 5.52 Å². The van der Waals surface area contributed by atoms with Crippen molar-refractivity contribution >= 4 is 47.2 Å². The van der Waals surface area contributed by atoms with E-state index in [1.807, 2.05) is 0 Å². The van der Waals surface area contributed by atoms with E-state index in [2.05, 4.69) is 26.0 Å². The lowest BCUT2D eigenvalue weighted by molar-refractivity contribution is 0.464. The van der Waals surface area contributed by atoms with Crippen LogP contribution < -0.4 is 0 Å². The highest BCUT2D eigenvalue weighted by atomic mass is 79.9. The van der Waals surface area contributed by atoms with Crippen LogP contribution in [0.5, 0.6) is 0 Å². The molecule has 0 atom stereocenters. The molecule has 2 heterocycles. The Bertz CT molecular complexity index is 1180. The summed E-state index contributed by atoms with van der Waals surface area (Å²) in [4.78, 5) is 3.41. The fraction of sp³-hybridized carbons (Fsp3) is 0.0909. The number of aromatic nitrogens is 4. The van der Waals surface area contributed by atoms with Gasteiger partial charge in [-0.1, -0.05) is 0 Å². The molecule has 24 heavy (non-hydrogen) atoms. The van der Waals surface area contributed by atoms with Crippen molar-refractivity contribution in [2.75, 3.05) is 0 Å². The van der Waals surface area contributed by atoms with Crippen LogP contribution in [-0.2, 0) is 20.3 Å². The Morgan fingerprint density at radius 3 is 2.50 bits per heavy atom. The van der Waals surface area contributed by atoms with Gasteiger partial charge in [-0.15, -0.1) is 9.19 Å². The second kappa shape index (κ2) is 5.34. The molecule has 1 N–H and O–H groups in total. The highest BCUT2D eigenvalue weighted by molar-refractivity contribution is 9.10. The summed E-state index contributed by atoms with van der Waals surface area (Å²) in [6.45, 7) is 1.47. The van der Waals surface area contributed by atoms with Crippen molar-refractivity contribution in [3.05, 3.63) is 40.5 Å². The normalized spacial score (nSPS) is 12.8. The zero-order chi connectivity index (χ0) is 17.9. The van der Waals surface area contributed by atoms with Gasteiger partial charge in [-0.25, -0.2) is 13.3 Å². The Kier molecular flexibility index (Phi) is 3.78. The number of fused-ring (bicyclic) bond motifs is 1. The number of hydrogen-bond acceptors (Lipinski definition) is 6. The third-order valence-corrected chi connectivity index (χ3v) is 6.45. The van der Waals surface area contributed by atoms with Crippen LogP contribution in [0.15, 0.2) is 34.2 Å². The quantitative estimate of drug-likeness (QED) is 0.611. The summed E-state index contributed by atoms with van der Waals surface area (Å²) in [6, 6.07) is 3.59. The number of nitrogens with zero attached hydrogens (tertiary/aromatic N) is 4. The van der Waals surface area contributed by atoms with Crippen molar-refractivity contribution in [1.82, 2.24) is 18.1 Å². The molecular weight excluding hydrogens is 431 g/mol. The van der Waals surface area contributed by atoms with E-state index in [0.29, 0.717) is 16.2 Å². The Morgan fingerprint density at radius 2 is 1.92 bits per heavy atom. The molecule has 0 saturated carbocycles. The lowest BCUT2D eigenvalue weighted by Crippen LogP contribution is -2.18. The van der Waals surface area contributed by atoms with Crippen LogP contribution in [0.3, 0.4) is 0 Å². The molecule has 13 heteroatoms. The van der Waals surface area contributed by atoms with Crippen LogP contribution >= 0.6 is 15.9 Å². The molecule has 3 rings (SSSR count). The summed E-state index contributed by atoms with van der Waals surface area (Å²) in [5.41, 5.74) is 0.251. The van der Waals surface area contributed by atoms with Crippen LogP contribution in [0.4, 0.5) is 4.39 Å². The van der Waals surface area contributed by atoms with Crippen molar-refractivity contribution in [3.8, 4) is 0 Å². The molecule has 2 aromatic heterocycles. The summed E-state index contributed by atoms with van der Waals surface area (Å²) in [5.74, 6) is -0.652. The summed E-state index contributed by atoms with van der Waals surface area (Å²) >= 11 is 3.24. The fourth-order valence-electron chi connectivity index (χ4n) is 2.18. The molecule has 0 amide bonds. The standard InChI is InChI=1S/C11H8BrFN4O5S2/c1-6-10(12)8-3-2-7(13)4-9(8)17(6)23(18,19)11-14-5-16(15-11)24(20,21)22/h2-5H,1H3,(H,20,21,22). The van der Waals surface area contributed by atoms with Crippen molar-refractivity contribution in [3.63, 3.8) is 0 Å². The molecular formula is C11H8BrFN4O5S2. The first-order valence-electron chi connectivity index (χ1n) is 6.15. The van der Waals surface area contributed by atoms with Gasteiger partial charge in [0.15, 0.2) is 0 Å². The molecule has 3 aromatic rings. The summed E-state index contributed by atoms with van der Waals surface area (Å²) in [6.07, 6.45) is 0.541. The predicted octanol–water partition coefficient (Wildman–Crippen LogP) is 1.33. The smallest absolute Gasteiger partial charge is 0.268 e. The molecule has 0 fully saturated rings. The van der Waals surface area contributed by atoms with E-state index in [0.717, 1.165) is 10.0 Å². The van der Waals surface area contributed by atoms with Crippen molar-refractivity contribution in [2.24, 2.45) is 0 Å². The number of rotatable bonds is 3. The summed E-state index contributed by atoms with van der Waals surface area (Å²) in [7, 11) is -9.21. The van der Waals surface area contributed by atoms with E-state index in [4.69, 9.17) is 4.55 Å². The zero-order valence-corrected chi connectivity index (χ0v) is 15.0. The highest BCUT2D eigenvalue weighted by Gasteiger charge is 2.29. The van der Waals surface area contributed by atoms with Crippen LogP contribution in [0.2, 0.25) is 0 Å². The molecule has 0 aliphatic rings. The van der Waals surface area contributed by atoms with Gasteiger partial charge in [-0.2, -0.15) is 16.8 Å². The maximum atomic E-state index is 13.5. The second-order valence-corrected chi connectivity index (χ2v) is 8.45. The molecule has 9 nitrogen and oxygen atoms in total. The third-order valence-electron chi connectivity index (χ3n) is 3.20. The largest absolute Gasteiger partial charge is 0.380 e. The van der Waals surface area contributed by atoms with Crippen LogP contribution in [0.25, 0.3) is 10.9 Å². The highest BCUT2D eigenvalue weighted by Crippen LogP contribution is 2.33. The summed E-state index contributed by atoms with van der Waals surface area (Å²) in [5, 5.41) is 2.83. The molecule has 0 aliphatic heterocycles. The fourth-order valence-corrected chi connectivity index (χ4v) is 4.60. The van der Waals surface area contributed by atoms with Crippen molar-refractivity contribution in [1.29, 1.82) is 0 Å². The molecule has 0 saturated heterocycles. The average molecular weight is 439 g/mol. The van der Waals surface area contributed by atoms with Gasteiger partial charge in [0, 0.05) is 15.6 Å². The second-order valence-electron chi connectivity index (χ2n) is 4.71. The SMILES string of the molecule is Cc1c(Br)c2ccc(F)cc2n1S(=O)(=O)c1ncn(S(=O)(=O)O)n1. The van der Waals surface area contributed by atoms with E-state index >= 15 is 0 Å². The van der Waals surface area contributed by atoms with Gasteiger partial charge in [-0.3, -0.25) is 4.55 Å². The average Bonchev–Trinajstić information content (AvgIpc) is 3.04. The number of benzene rings is 1. The van der Waals surface area contributed by atoms with Crippen LogP contribution in [-0.4, -0.2) is 39.5 Å². The molecule has 128 valence electrons. The predicted molar refractivity (Wildman–Crippen MR) is 83.9 cm³/mol. The minimum atomic E-state index is -4.78. The molecule has 0 aliphatic carbocycles. The van der Waals surface area contributed by atoms with E-state index in [1.165, 1.54) is 19.1 Å². The molecule has 0 bridgehead atoms. The van der Waals surface area contributed by atoms with Crippen LogP contribution in [0, 0.1) is 12.7 Å². The first-order chi connectivity index (χ1) is 11.0. The zero-order valence-electron chi connectivity index (χ0n) is 11.8. The van der Waals surface area contributed by atoms with Gasteiger partial charge < -0.3 is 0 Å².